The van der Waals surface area contributed by atoms with Gasteiger partial charge in [0.2, 0.25) is 0 Å². The molecule has 0 aromatic heterocycles. The number of hydrogen-bond donors (Lipinski definition) is 0. The molecule has 1 rings (SSSR count). The Balaban J connectivity index is 2.75. The molecule has 1 aromatic rings. The first-order chi connectivity index (χ1) is 5.74. The van der Waals surface area contributed by atoms with Crippen molar-refractivity contribution in [1.29, 1.82) is 0 Å². The molecule has 1 aromatic carbocycles. The quantitative estimate of drug-likeness (QED) is 0.736. The fourth-order valence-corrected chi connectivity index (χ4v) is 1.88. The molecule has 0 saturated heterocycles. The van der Waals surface area contributed by atoms with Crippen molar-refractivity contribution in [1.82, 2.24) is 0 Å². The lowest BCUT2D eigenvalue weighted by atomic mass is 10.1. The third kappa shape index (κ3) is 2.91. The van der Waals surface area contributed by atoms with E-state index in [1.54, 1.807) is 0 Å². The second-order valence-corrected chi connectivity index (χ2v) is 4.53. The molecule has 0 saturated carbocycles. The second-order valence-electron chi connectivity index (χ2n) is 2.89. The van der Waals surface area contributed by atoms with Crippen LogP contribution in [0.1, 0.15) is 17.5 Å². The van der Waals surface area contributed by atoms with Gasteiger partial charge < -0.3 is 0 Å². The number of halogens is 2. The third-order valence-electron chi connectivity index (χ3n) is 1.78. The first kappa shape index (κ1) is 10.3. The standard InChI is InChI=1S/C10H12Br2/c1-8-4-5-10(12)9(7-8)3-2-6-11/h4-5,7H,2-3,6H2,1H3. The van der Waals surface area contributed by atoms with Crippen molar-refractivity contribution in [3.8, 4) is 0 Å². The van der Waals surface area contributed by atoms with Crippen molar-refractivity contribution in [2.75, 3.05) is 5.33 Å². The predicted molar refractivity (Wildman–Crippen MR) is 61.0 cm³/mol. The lowest BCUT2D eigenvalue weighted by Crippen LogP contribution is -1.88. The van der Waals surface area contributed by atoms with E-state index in [1.165, 1.54) is 22.0 Å². The topological polar surface area (TPSA) is 0 Å². The normalized spacial score (nSPS) is 10.2. The highest BCUT2D eigenvalue weighted by Gasteiger charge is 1.98. The molecule has 0 aliphatic carbocycles. The van der Waals surface area contributed by atoms with Gasteiger partial charge in [0, 0.05) is 9.80 Å². The molecule has 0 heterocycles. The van der Waals surface area contributed by atoms with E-state index in [-0.39, 0.29) is 0 Å². The largest absolute Gasteiger partial charge is 0.0928 e. The Morgan fingerprint density at radius 1 is 1.33 bits per heavy atom. The van der Waals surface area contributed by atoms with E-state index < -0.39 is 0 Å². The summed E-state index contributed by atoms with van der Waals surface area (Å²) in [5.41, 5.74) is 2.75. The number of alkyl halides is 1. The van der Waals surface area contributed by atoms with Crippen LogP contribution >= 0.6 is 31.9 Å². The number of hydrogen-bond acceptors (Lipinski definition) is 0. The SMILES string of the molecule is Cc1ccc(Br)c(CCCBr)c1. The maximum absolute atomic E-state index is 3.55. The average Bonchev–Trinajstić information content (AvgIpc) is 2.07. The van der Waals surface area contributed by atoms with Crippen LogP contribution in [0.25, 0.3) is 0 Å². The minimum atomic E-state index is 1.08. The fourth-order valence-electron chi connectivity index (χ4n) is 1.15. The molecule has 12 heavy (non-hydrogen) atoms. The Bertz CT molecular complexity index is 256. The summed E-state index contributed by atoms with van der Waals surface area (Å²) in [6.45, 7) is 2.13. The Morgan fingerprint density at radius 2 is 2.08 bits per heavy atom. The summed E-state index contributed by atoms with van der Waals surface area (Å²) >= 11 is 6.98. The molecule has 0 radical (unpaired) electrons. The van der Waals surface area contributed by atoms with Gasteiger partial charge in [-0.2, -0.15) is 0 Å². The predicted octanol–water partition coefficient (Wildman–Crippen LogP) is 4.09. The molecular formula is C10H12Br2. The zero-order chi connectivity index (χ0) is 8.97. The van der Waals surface area contributed by atoms with Crippen LogP contribution in [0.2, 0.25) is 0 Å². The Morgan fingerprint density at radius 3 is 2.75 bits per heavy atom. The fraction of sp³-hybridized carbons (Fsp3) is 0.400. The summed E-state index contributed by atoms with van der Waals surface area (Å²) in [5.74, 6) is 0. The average molecular weight is 292 g/mol. The molecule has 0 aliphatic rings. The summed E-state index contributed by atoms with van der Waals surface area (Å²) in [7, 11) is 0. The van der Waals surface area contributed by atoms with Crippen LogP contribution in [-0.2, 0) is 6.42 Å². The summed E-state index contributed by atoms with van der Waals surface area (Å²) in [6, 6.07) is 6.49. The minimum absolute atomic E-state index is 1.08. The van der Waals surface area contributed by atoms with E-state index in [2.05, 4.69) is 57.0 Å². The Kier molecular flexibility index (Phi) is 4.30. The molecule has 0 amide bonds. The molecule has 0 atom stereocenters. The van der Waals surface area contributed by atoms with Crippen molar-refractivity contribution >= 4 is 31.9 Å². The van der Waals surface area contributed by atoms with Crippen LogP contribution in [0, 0.1) is 6.92 Å². The zero-order valence-corrected chi connectivity index (χ0v) is 10.3. The van der Waals surface area contributed by atoms with Crippen molar-refractivity contribution in [3.05, 3.63) is 33.8 Å². The molecule has 0 aliphatic heterocycles. The monoisotopic (exact) mass is 290 g/mol. The smallest absolute Gasteiger partial charge is 0.0207 e. The maximum atomic E-state index is 3.55. The maximum Gasteiger partial charge on any atom is 0.0207 e. The molecular weight excluding hydrogens is 280 g/mol. The highest BCUT2D eigenvalue weighted by molar-refractivity contribution is 9.10. The summed E-state index contributed by atoms with van der Waals surface area (Å²) in [4.78, 5) is 0. The molecule has 0 spiro atoms. The highest BCUT2D eigenvalue weighted by Crippen LogP contribution is 2.19. The lowest BCUT2D eigenvalue weighted by molar-refractivity contribution is 0.932. The van der Waals surface area contributed by atoms with Crippen LogP contribution in [0.4, 0.5) is 0 Å². The van der Waals surface area contributed by atoms with Gasteiger partial charge in [0.25, 0.3) is 0 Å². The van der Waals surface area contributed by atoms with Crippen molar-refractivity contribution < 1.29 is 0 Å². The van der Waals surface area contributed by atoms with Crippen molar-refractivity contribution in [2.24, 2.45) is 0 Å². The summed E-state index contributed by atoms with van der Waals surface area (Å²) in [6.07, 6.45) is 2.34. The van der Waals surface area contributed by atoms with Crippen LogP contribution in [0.3, 0.4) is 0 Å². The van der Waals surface area contributed by atoms with E-state index in [1.807, 2.05) is 0 Å². The molecule has 0 fully saturated rings. The van der Waals surface area contributed by atoms with E-state index in [0.29, 0.717) is 0 Å². The van der Waals surface area contributed by atoms with Gasteiger partial charge in [-0.3, -0.25) is 0 Å². The Labute approximate surface area is 90.6 Å². The van der Waals surface area contributed by atoms with Gasteiger partial charge in [-0.15, -0.1) is 0 Å². The first-order valence-corrected chi connectivity index (χ1v) is 5.96. The van der Waals surface area contributed by atoms with Crippen LogP contribution < -0.4 is 0 Å². The Hall–Kier alpha value is 0.180. The summed E-state index contributed by atoms with van der Waals surface area (Å²) < 4.78 is 1.23. The van der Waals surface area contributed by atoms with Gasteiger partial charge in [0.15, 0.2) is 0 Å². The zero-order valence-electron chi connectivity index (χ0n) is 7.11. The van der Waals surface area contributed by atoms with Crippen LogP contribution in [-0.4, -0.2) is 5.33 Å². The van der Waals surface area contributed by atoms with Gasteiger partial charge in [-0.25, -0.2) is 0 Å². The highest BCUT2D eigenvalue weighted by atomic mass is 79.9. The van der Waals surface area contributed by atoms with E-state index in [4.69, 9.17) is 0 Å². The van der Waals surface area contributed by atoms with Gasteiger partial charge in [0.1, 0.15) is 0 Å². The van der Waals surface area contributed by atoms with Crippen LogP contribution in [0.5, 0.6) is 0 Å². The molecule has 2 heteroatoms. The van der Waals surface area contributed by atoms with E-state index >= 15 is 0 Å². The van der Waals surface area contributed by atoms with Crippen molar-refractivity contribution in [3.63, 3.8) is 0 Å². The van der Waals surface area contributed by atoms with Gasteiger partial charge >= 0.3 is 0 Å². The second kappa shape index (κ2) is 5.03. The third-order valence-corrected chi connectivity index (χ3v) is 3.12. The molecule has 66 valence electrons. The summed E-state index contributed by atoms with van der Waals surface area (Å²) in [5, 5.41) is 1.08. The van der Waals surface area contributed by atoms with Gasteiger partial charge in [-0.05, 0) is 31.4 Å². The van der Waals surface area contributed by atoms with E-state index in [9.17, 15) is 0 Å². The van der Waals surface area contributed by atoms with E-state index in [0.717, 1.165) is 11.8 Å². The van der Waals surface area contributed by atoms with Gasteiger partial charge in [0.05, 0.1) is 0 Å². The number of benzene rings is 1. The van der Waals surface area contributed by atoms with Gasteiger partial charge in [-0.1, -0.05) is 49.6 Å². The molecule has 0 N–H and O–H groups in total. The number of aryl methyl sites for hydroxylation is 2. The molecule has 0 nitrogen and oxygen atoms in total. The van der Waals surface area contributed by atoms with Crippen LogP contribution in [0.15, 0.2) is 22.7 Å². The number of rotatable bonds is 3. The van der Waals surface area contributed by atoms with Crippen molar-refractivity contribution in [2.45, 2.75) is 19.8 Å². The first-order valence-electron chi connectivity index (χ1n) is 4.05. The lowest BCUT2D eigenvalue weighted by Gasteiger charge is -2.03. The molecule has 0 unspecified atom stereocenters. The molecule has 0 bridgehead atoms. The minimum Gasteiger partial charge on any atom is -0.0928 e.